The molecule has 1 aliphatic carbocycles. The Balaban J connectivity index is 1.97. The second kappa shape index (κ2) is 5.89. The monoisotopic (exact) mass is 227 g/mol. The van der Waals surface area contributed by atoms with E-state index >= 15 is 0 Å². The van der Waals surface area contributed by atoms with Crippen molar-refractivity contribution in [3.63, 3.8) is 0 Å². The van der Waals surface area contributed by atoms with Crippen LogP contribution in [-0.2, 0) is 6.42 Å². The lowest BCUT2D eigenvalue weighted by Crippen LogP contribution is -2.39. The maximum Gasteiger partial charge on any atom is 0.0139 e. The van der Waals surface area contributed by atoms with E-state index < -0.39 is 0 Å². The highest BCUT2D eigenvalue weighted by Gasteiger charge is 2.31. The fraction of sp³-hybridized carbons (Fsp3) is 0.500. The van der Waals surface area contributed by atoms with Gasteiger partial charge in [-0.2, -0.15) is 0 Å². The number of nitrogens with one attached hydrogen (secondary N) is 1. The summed E-state index contributed by atoms with van der Waals surface area (Å²) in [7, 11) is 0. The van der Waals surface area contributed by atoms with Crippen molar-refractivity contribution in [2.24, 2.45) is 0 Å². The van der Waals surface area contributed by atoms with Crippen molar-refractivity contribution in [3.05, 3.63) is 35.4 Å². The van der Waals surface area contributed by atoms with Crippen LogP contribution in [0.25, 0.3) is 0 Å². The Bertz CT molecular complexity index is 402. The minimum atomic E-state index is 0.600. The Morgan fingerprint density at radius 3 is 3.00 bits per heavy atom. The lowest BCUT2D eigenvalue weighted by Gasteiger charge is -2.37. The largest absolute Gasteiger partial charge is 0.314 e. The van der Waals surface area contributed by atoms with E-state index in [0.717, 1.165) is 19.4 Å². The molecule has 1 aromatic rings. The second-order valence-electron chi connectivity index (χ2n) is 4.77. The molecule has 2 atom stereocenters. The Labute approximate surface area is 105 Å². The fourth-order valence-corrected chi connectivity index (χ4v) is 2.79. The number of unbranched alkanes of at least 4 members (excludes halogenated alkanes) is 1. The van der Waals surface area contributed by atoms with Crippen LogP contribution in [0.2, 0.25) is 0 Å². The minimum Gasteiger partial charge on any atom is -0.314 e. The van der Waals surface area contributed by atoms with Crippen molar-refractivity contribution < 1.29 is 0 Å². The molecule has 0 amide bonds. The van der Waals surface area contributed by atoms with Crippen LogP contribution in [0.4, 0.5) is 0 Å². The lowest BCUT2D eigenvalue weighted by atomic mass is 9.72. The average molecular weight is 227 g/mol. The molecule has 0 heterocycles. The van der Waals surface area contributed by atoms with Gasteiger partial charge in [-0.15, -0.1) is 12.3 Å². The molecule has 1 aromatic carbocycles. The van der Waals surface area contributed by atoms with Crippen molar-refractivity contribution >= 4 is 0 Å². The van der Waals surface area contributed by atoms with Gasteiger partial charge in [0, 0.05) is 18.4 Å². The van der Waals surface area contributed by atoms with Crippen LogP contribution >= 0.6 is 0 Å². The van der Waals surface area contributed by atoms with Gasteiger partial charge in [-0.1, -0.05) is 31.2 Å². The normalized spacial score (nSPS) is 18.9. The number of fused-ring (bicyclic) bond motifs is 1. The summed E-state index contributed by atoms with van der Waals surface area (Å²) in [6.07, 6.45) is 9.77. The predicted octanol–water partition coefficient (Wildman–Crippen LogP) is 3.11. The molecule has 0 bridgehead atoms. The molecule has 0 saturated heterocycles. The zero-order chi connectivity index (χ0) is 12.1. The third-order valence-corrected chi connectivity index (χ3v) is 3.68. The molecule has 0 spiro atoms. The van der Waals surface area contributed by atoms with Crippen LogP contribution in [0.15, 0.2) is 24.3 Å². The first kappa shape index (κ1) is 12.2. The van der Waals surface area contributed by atoms with Gasteiger partial charge >= 0.3 is 0 Å². The van der Waals surface area contributed by atoms with E-state index in [1.54, 1.807) is 5.56 Å². The number of terminal acetylenes is 1. The van der Waals surface area contributed by atoms with Crippen molar-refractivity contribution in [1.82, 2.24) is 5.32 Å². The highest BCUT2D eigenvalue weighted by molar-refractivity contribution is 5.41. The van der Waals surface area contributed by atoms with E-state index in [1.807, 2.05) is 0 Å². The van der Waals surface area contributed by atoms with Crippen LogP contribution in [0.5, 0.6) is 0 Å². The Kier molecular flexibility index (Phi) is 4.23. The summed E-state index contributed by atoms with van der Waals surface area (Å²) >= 11 is 0. The molecule has 0 radical (unpaired) electrons. The SMILES string of the molecule is C#CCCCC(NCC)C1Cc2ccccc21. The summed E-state index contributed by atoms with van der Waals surface area (Å²) in [6.45, 7) is 3.22. The highest BCUT2D eigenvalue weighted by atomic mass is 14.9. The van der Waals surface area contributed by atoms with Crippen LogP contribution in [0.1, 0.15) is 43.2 Å². The van der Waals surface area contributed by atoms with Gasteiger partial charge in [0.2, 0.25) is 0 Å². The summed E-state index contributed by atoms with van der Waals surface area (Å²) in [4.78, 5) is 0. The Morgan fingerprint density at radius 1 is 1.47 bits per heavy atom. The number of rotatable bonds is 6. The zero-order valence-electron chi connectivity index (χ0n) is 10.6. The fourth-order valence-electron chi connectivity index (χ4n) is 2.79. The van der Waals surface area contributed by atoms with Gasteiger partial charge in [-0.05, 0) is 36.9 Å². The molecular formula is C16H21N. The standard InChI is InChI=1S/C16H21N/c1-3-5-6-11-16(17-4-2)15-12-13-9-7-8-10-14(13)15/h1,7-10,15-17H,4-6,11-12H2,2H3. The van der Waals surface area contributed by atoms with Crippen LogP contribution < -0.4 is 5.32 Å². The molecule has 2 unspecified atom stereocenters. The Hall–Kier alpha value is -1.26. The van der Waals surface area contributed by atoms with Crippen LogP contribution in [-0.4, -0.2) is 12.6 Å². The van der Waals surface area contributed by atoms with E-state index in [4.69, 9.17) is 6.42 Å². The van der Waals surface area contributed by atoms with Crippen LogP contribution in [0, 0.1) is 12.3 Å². The predicted molar refractivity (Wildman–Crippen MR) is 73.0 cm³/mol. The molecular weight excluding hydrogens is 206 g/mol. The van der Waals surface area contributed by atoms with E-state index in [9.17, 15) is 0 Å². The first-order chi connectivity index (χ1) is 8.36. The van der Waals surface area contributed by atoms with Crippen LogP contribution in [0.3, 0.4) is 0 Å². The van der Waals surface area contributed by atoms with Gasteiger partial charge in [-0.25, -0.2) is 0 Å². The first-order valence-electron chi connectivity index (χ1n) is 6.61. The number of likely N-dealkylation sites (N-methyl/N-ethyl adjacent to an activating group) is 1. The van der Waals surface area contributed by atoms with Crippen molar-refractivity contribution in [2.75, 3.05) is 6.54 Å². The van der Waals surface area contributed by atoms with Gasteiger partial charge in [-0.3, -0.25) is 0 Å². The summed E-state index contributed by atoms with van der Waals surface area (Å²) in [5.74, 6) is 3.43. The smallest absolute Gasteiger partial charge is 0.0139 e. The summed E-state index contributed by atoms with van der Waals surface area (Å²) < 4.78 is 0. The van der Waals surface area contributed by atoms with E-state index in [0.29, 0.717) is 12.0 Å². The van der Waals surface area contributed by atoms with Gasteiger partial charge in [0.15, 0.2) is 0 Å². The average Bonchev–Trinajstić information content (AvgIpc) is 2.31. The van der Waals surface area contributed by atoms with E-state index in [1.165, 1.54) is 18.4 Å². The molecule has 1 aliphatic rings. The van der Waals surface area contributed by atoms with Crippen molar-refractivity contribution in [1.29, 1.82) is 0 Å². The van der Waals surface area contributed by atoms with Gasteiger partial charge in [0.05, 0.1) is 0 Å². The van der Waals surface area contributed by atoms with Gasteiger partial charge < -0.3 is 5.32 Å². The third-order valence-electron chi connectivity index (χ3n) is 3.68. The van der Waals surface area contributed by atoms with Crippen molar-refractivity contribution in [2.45, 2.75) is 44.6 Å². The zero-order valence-corrected chi connectivity index (χ0v) is 10.6. The van der Waals surface area contributed by atoms with Crippen molar-refractivity contribution in [3.8, 4) is 12.3 Å². The van der Waals surface area contributed by atoms with E-state index in [2.05, 4.69) is 42.4 Å². The molecule has 17 heavy (non-hydrogen) atoms. The molecule has 1 nitrogen and oxygen atoms in total. The summed E-state index contributed by atoms with van der Waals surface area (Å²) in [5.41, 5.74) is 3.07. The number of benzene rings is 1. The summed E-state index contributed by atoms with van der Waals surface area (Å²) in [6, 6.07) is 9.40. The van der Waals surface area contributed by atoms with E-state index in [-0.39, 0.29) is 0 Å². The lowest BCUT2D eigenvalue weighted by molar-refractivity contribution is 0.380. The maximum absolute atomic E-state index is 5.32. The highest BCUT2D eigenvalue weighted by Crippen LogP contribution is 2.38. The second-order valence-corrected chi connectivity index (χ2v) is 4.77. The van der Waals surface area contributed by atoms with Gasteiger partial charge in [0.1, 0.15) is 0 Å². The molecule has 0 aromatic heterocycles. The molecule has 0 aliphatic heterocycles. The maximum atomic E-state index is 5.32. The summed E-state index contributed by atoms with van der Waals surface area (Å²) in [5, 5.41) is 3.62. The van der Waals surface area contributed by atoms with Gasteiger partial charge in [0.25, 0.3) is 0 Å². The number of hydrogen-bond acceptors (Lipinski definition) is 1. The molecule has 2 rings (SSSR count). The first-order valence-corrected chi connectivity index (χ1v) is 6.61. The molecule has 1 heteroatoms. The topological polar surface area (TPSA) is 12.0 Å². The molecule has 0 saturated carbocycles. The molecule has 1 N–H and O–H groups in total. The molecule has 90 valence electrons. The minimum absolute atomic E-state index is 0.600. The Morgan fingerprint density at radius 2 is 2.29 bits per heavy atom. The third kappa shape index (κ3) is 2.70. The molecule has 0 fully saturated rings. The quantitative estimate of drug-likeness (QED) is 0.581. The number of hydrogen-bond donors (Lipinski definition) is 1.